The zero-order chi connectivity index (χ0) is 21.3. The SMILES string of the molecule is CN=C(NCC1CCCN(C)C1c1cccs1)N(C)CCOc1ccc(OC)cc1.I. The number of thiophene rings is 1. The second kappa shape index (κ2) is 13.1. The molecule has 0 bridgehead atoms. The van der Waals surface area contributed by atoms with Gasteiger partial charge in [0.2, 0.25) is 0 Å². The van der Waals surface area contributed by atoms with Crippen LogP contribution in [-0.2, 0) is 0 Å². The lowest BCUT2D eigenvalue weighted by Gasteiger charge is -2.39. The van der Waals surface area contributed by atoms with Crippen LogP contribution in [0.1, 0.15) is 23.8 Å². The molecule has 2 unspecified atom stereocenters. The Hall–Kier alpha value is -1.52. The number of likely N-dealkylation sites (N-methyl/N-ethyl adjacent to an activating group) is 1. The smallest absolute Gasteiger partial charge is 0.193 e. The maximum Gasteiger partial charge on any atom is 0.193 e. The lowest BCUT2D eigenvalue weighted by atomic mass is 9.88. The van der Waals surface area contributed by atoms with E-state index in [0.29, 0.717) is 18.6 Å². The van der Waals surface area contributed by atoms with Gasteiger partial charge in [0, 0.05) is 31.6 Å². The summed E-state index contributed by atoms with van der Waals surface area (Å²) in [6, 6.07) is 12.6. The molecule has 172 valence electrons. The summed E-state index contributed by atoms with van der Waals surface area (Å²) in [7, 11) is 7.80. The number of likely N-dealkylation sites (tertiary alicyclic amines) is 1. The van der Waals surface area contributed by atoms with Crippen molar-refractivity contribution in [3.63, 3.8) is 0 Å². The van der Waals surface area contributed by atoms with Crippen molar-refractivity contribution in [2.24, 2.45) is 10.9 Å². The Morgan fingerprint density at radius 1 is 1.26 bits per heavy atom. The predicted molar refractivity (Wildman–Crippen MR) is 140 cm³/mol. The number of benzene rings is 1. The molecule has 3 rings (SSSR count). The van der Waals surface area contributed by atoms with Gasteiger partial charge >= 0.3 is 0 Å². The number of nitrogens with zero attached hydrogens (tertiary/aromatic N) is 3. The standard InChI is InChI=1S/C23H34N4O2S.HI/c1-24-23(27(3)14-15-29-20-11-9-19(28-4)10-12-20)25-17-18-7-5-13-26(2)22(18)21-8-6-16-30-21;/h6,8-12,16,18,22H,5,7,13-15,17H2,1-4H3,(H,24,25);1H. The number of guanidine groups is 1. The van der Waals surface area contributed by atoms with E-state index >= 15 is 0 Å². The lowest BCUT2D eigenvalue weighted by molar-refractivity contribution is 0.124. The highest BCUT2D eigenvalue weighted by molar-refractivity contribution is 14.0. The van der Waals surface area contributed by atoms with E-state index in [-0.39, 0.29) is 24.0 Å². The fraction of sp³-hybridized carbons (Fsp3) is 0.522. The van der Waals surface area contributed by atoms with Crippen molar-refractivity contribution in [3.8, 4) is 11.5 Å². The summed E-state index contributed by atoms with van der Waals surface area (Å²) in [5, 5.41) is 5.78. The molecular formula is C23H35IN4O2S. The van der Waals surface area contributed by atoms with Crippen LogP contribution in [0, 0.1) is 5.92 Å². The minimum Gasteiger partial charge on any atom is -0.497 e. The highest BCUT2D eigenvalue weighted by atomic mass is 127. The van der Waals surface area contributed by atoms with Crippen molar-refractivity contribution in [1.29, 1.82) is 0 Å². The lowest BCUT2D eigenvalue weighted by Crippen LogP contribution is -2.46. The Balaban J connectivity index is 0.00000341. The van der Waals surface area contributed by atoms with E-state index < -0.39 is 0 Å². The van der Waals surface area contributed by atoms with Crippen molar-refractivity contribution in [1.82, 2.24) is 15.1 Å². The Bertz CT molecular complexity index is 785. The number of methoxy groups -OCH3 is 1. The highest BCUT2D eigenvalue weighted by Gasteiger charge is 2.31. The summed E-state index contributed by atoms with van der Waals surface area (Å²) in [6.45, 7) is 3.43. The maximum atomic E-state index is 5.86. The third-order valence-electron chi connectivity index (χ3n) is 5.69. The van der Waals surface area contributed by atoms with Gasteiger partial charge in [-0.3, -0.25) is 9.89 Å². The molecule has 2 aromatic rings. The van der Waals surface area contributed by atoms with Crippen LogP contribution in [0.5, 0.6) is 11.5 Å². The summed E-state index contributed by atoms with van der Waals surface area (Å²) in [6.07, 6.45) is 2.48. The van der Waals surface area contributed by atoms with E-state index in [4.69, 9.17) is 9.47 Å². The molecule has 1 aromatic carbocycles. The molecule has 1 fully saturated rings. The van der Waals surface area contributed by atoms with Gasteiger partial charge in [0.05, 0.1) is 13.7 Å². The first kappa shape index (κ1) is 25.7. The average molecular weight is 559 g/mol. The van der Waals surface area contributed by atoms with Crippen LogP contribution in [0.15, 0.2) is 46.8 Å². The first-order chi connectivity index (χ1) is 14.6. The fourth-order valence-corrected chi connectivity index (χ4v) is 5.05. The van der Waals surface area contributed by atoms with Crippen LogP contribution >= 0.6 is 35.3 Å². The van der Waals surface area contributed by atoms with Crippen molar-refractivity contribution in [3.05, 3.63) is 46.7 Å². The maximum absolute atomic E-state index is 5.86. The fourth-order valence-electron chi connectivity index (χ4n) is 4.07. The molecule has 1 N–H and O–H groups in total. The van der Waals surface area contributed by atoms with Crippen molar-refractivity contribution < 1.29 is 9.47 Å². The summed E-state index contributed by atoms with van der Waals surface area (Å²) in [4.78, 5) is 10.6. The third-order valence-corrected chi connectivity index (χ3v) is 6.64. The van der Waals surface area contributed by atoms with Gasteiger partial charge in [-0.25, -0.2) is 0 Å². The van der Waals surface area contributed by atoms with Crippen LogP contribution in [0.4, 0.5) is 0 Å². The van der Waals surface area contributed by atoms with Crippen molar-refractivity contribution in [2.45, 2.75) is 18.9 Å². The number of aliphatic imine (C=N–C) groups is 1. The van der Waals surface area contributed by atoms with Crippen LogP contribution in [-0.4, -0.2) is 70.3 Å². The molecule has 0 radical (unpaired) electrons. The van der Waals surface area contributed by atoms with Gasteiger partial charge in [0.15, 0.2) is 5.96 Å². The van der Waals surface area contributed by atoms with Gasteiger partial charge in [0.25, 0.3) is 0 Å². The molecule has 2 heterocycles. The summed E-state index contributed by atoms with van der Waals surface area (Å²) in [5.74, 6) is 3.16. The van der Waals surface area contributed by atoms with Crippen LogP contribution in [0.25, 0.3) is 0 Å². The highest BCUT2D eigenvalue weighted by Crippen LogP contribution is 2.36. The molecular weight excluding hydrogens is 523 g/mol. The predicted octanol–water partition coefficient (Wildman–Crippen LogP) is 4.34. The Labute approximate surface area is 207 Å². The molecule has 31 heavy (non-hydrogen) atoms. The molecule has 8 heteroatoms. The monoisotopic (exact) mass is 558 g/mol. The second-order valence-corrected chi connectivity index (χ2v) is 8.70. The first-order valence-corrected chi connectivity index (χ1v) is 11.4. The van der Waals surface area contributed by atoms with Crippen LogP contribution < -0.4 is 14.8 Å². The van der Waals surface area contributed by atoms with E-state index in [1.165, 1.54) is 17.7 Å². The number of hydrogen-bond donors (Lipinski definition) is 1. The van der Waals surface area contributed by atoms with Crippen LogP contribution in [0.2, 0.25) is 0 Å². The quantitative estimate of drug-likeness (QED) is 0.297. The molecule has 1 saturated heterocycles. The van der Waals surface area contributed by atoms with Gasteiger partial charge < -0.3 is 19.7 Å². The summed E-state index contributed by atoms with van der Waals surface area (Å²) in [5.41, 5.74) is 0. The van der Waals surface area contributed by atoms with Gasteiger partial charge in [-0.15, -0.1) is 35.3 Å². The van der Waals surface area contributed by atoms with E-state index in [0.717, 1.165) is 37.1 Å². The molecule has 0 aliphatic carbocycles. The Kier molecular flexibility index (Phi) is 10.9. The van der Waals surface area contributed by atoms with E-state index in [9.17, 15) is 0 Å². The Morgan fingerprint density at radius 3 is 2.65 bits per heavy atom. The molecule has 1 aliphatic heterocycles. The van der Waals surface area contributed by atoms with Gasteiger partial charge in [0.1, 0.15) is 18.1 Å². The van der Waals surface area contributed by atoms with E-state index in [2.05, 4.69) is 51.7 Å². The number of hydrogen-bond acceptors (Lipinski definition) is 5. The number of halogens is 1. The topological polar surface area (TPSA) is 49.3 Å². The number of ether oxygens (including phenoxy) is 2. The molecule has 0 amide bonds. The second-order valence-electron chi connectivity index (χ2n) is 7.72. The molecule has 0 spiro atoms. The Morgan fingerprint density at radius 2 is 2.00 bits per heavy atom. The van der Waals surface area contributed by atoms with Gasteiger partial charge in [-0.05, 0) is 68.1 Å². The molecule has 0 saturated carbocycles. The normalized spacial score (nSPS) is 19.4. The van der Waals surface area contributed by atoms with Crippen LogP contribution in [0.3, 0.4) is 0 Å². The largest absolute Gasteiger partial charge is 0.497 e. The number of rotatable bonds is 8. The third kappa shape index (κ3) is 7.25. The number of piperidine rings is 1. The summed E-state index contributed by atoms with van der Waals surface area (Å²) < 4.78 is 11.0. The molecule has 2 atom stereocenters. The van der Waals surface area contributed by atoms with Gasteiger partial charge in [-0.1, -0.05) is 6.07 Å². The zero-order valence-corrected chi connectivity index (χ0v) is 22.1. The molecule has 1 aliphatic rings. The van der Waals surface area contributed by atoms with Crippen molar-refractivity contribution in [2.75, 3.05) is 54.5 Å². The van der Waals surface area contributed by atoms with Gasteiger partial charge in [-0.2, -0.15) is 0 Å². The minimum absolute atomic E-state index is 0. The molecule has 1 aromatic heterocycles. The van der Waals surface area contributed by atoms with Crippen molar-refractivity contribution >= 4 is 41.3 Å². The number of nitrogens with one attached hydrogen (secondary N) is 1. The molecule has 6 nitrogen and oxygen atoms in total. The summed E-state index contributed by atoms with van der Waals surface area (Å²) >= 11 is 1.86. The van der Waals surface area contributed by atoms with E-state index in [1.54, 1.807) is 7.11 Å². The minimum atomic E-state index is 0. The zero-order valence-electron chi connectivity index (χ0n) is 18.9. The average Bonchev–Trinajstić information content (AvgIpc) is 3.29. The first-order valence-electron chi connectivity index (χ1n) is 10.5. The van der Waals surface area contributed by atoms with E-state index in [1.807, 2.05) is 42.6 Å².